The number of carbonyl (C=O) groups excluding carboxylic acids is 3. The number of hydrogen-bond donors (Lipinski definition) is 2. The molecule has 2 amide bonds. The number of aliphatic imine (C=N–C) groups is 1. The zero-order valence-corrected chi connectivity index (χ0v) is 17.6. The van der Waals surface area contributed by atoms with Crippen LogP contribution in [0.15, 0.2) is 17.3 Å². The Morgan fingerprint density at radius 2 is 2.00 bits per heavy atom. The van der Waals surface area contributed by atoms with E-state index in [9.17, 15) is 19.5 Å². The van der Waals surface area contributed by atoms with Crippen molar-refractivity contribution in [1.82, 2.24) is 26.3 Å². The van der Waals surface area contributed by atoms with E-state index in [1.165, 1.54) is 19.2 Å². The van der Waals surface area contributed by atoms with Crippen LogP contribution in [0, 0.1) is 5.92 Å². The van der Waals surface area contributed by atoms with Gasteiger partial charge in [-0.15, -0.1) is 0 Å². The van der Waals surface area contributed by atoms with Gasteiger partial charge in [0.05, 0.1) is 5.97 Å². The highest BCUT2D eigenvalue weighted by Crippen LogP contribution is 2.31. The first-order chi connectivity index (χ1) is 13.1. The number of likely N-dealkylation sites (N-methyl/N-ethyl adjacent to an activating group) is 1. The fourth-order valence-electron chi connectivity index (χ4n) is 3.53. The summed E-state index contributed by atoms with van der Waals surface area (Å²) < 4.78 is 0. The Bertz CT molecular complexity index is 883. The van der Waals surface area contributed by atoms with Crippen molar-refractivity contribution in [2.45, 2.75) is 39.4 Å². The quantitative estimate of drug-likeness (QED) is 0.714. The molecular formula is C19H28N6O4. The van der Waals surface area contributed by atoms with Gasteiger partial charge in [-0.1, -0.05) is 13.8 Å². The standard InChI is InChI=1S/C19H25N5O4.H3N/c1-10(2)19(4)18(28)21-15(22-19)14-13(17(26)27)8-12(9-20-14)16-23(5)6-7-24(16)11(3)25;/h8-10,16H,6-7H2,1-5H3,(H,26,27)(H,21,22,28);1H3. The third-order valence-corrected chi connectivity index (χ3v) is 5.62. The van der Waals surface area contributed by atoms with Crippen molar-refractivity contribution >= 4 is 23.6 Å². The van der Waals surface area contributed by atoms with E-state index in [-0.39, 0.29) is 41.0 Å². The maximum Gasteiger partial charge on any atom is 0.253 e. The Hall–Kier alpha value is -2.85. The summed E-state index contributed by atoms with van der Waals surface area (Å²) in [7, 11) is 1.86. The summed E-state index contributed by atoms with van der Waals surface area (Å²) in [6.07, 6.45) is 1.11. The van der Waals surface area contributed by atoms with Crippen molar-refractivity contribution in [2.24, 2.45) is 10.9 Å². The fourth-order valence-corrected chi connectivity index (χ4v) is 3.53. The molecule has 2 aliphatic heterocycles. The summed E-state index contributed by atoms with van der Waals surface area (Å²) >= 11 is 0. The third-order valence-electron chi connectivity index (χ3n) is 5.62. The first kappa shape index (κ1) is 22.4. The zero-order chi connectivity index (χ0) is 20.8. The average Bonchev–Trinajstić information content (AvgIpc) is 3.15. The molecule has 1 aromatic heterocycles. The lowest BCUT2D eigenvalue weighted by Crippen LogP contribution is -2.41. The molecule has 2 atom stereocenters. The van der Waals surface area contributed by atoms with E-state index < -0.39 is 17.7 Å². The monoisotopic (exact) mass is 404 g/mol. The number of carboxylic acids is 1. The minimum atomic E-state index is -1.42. The minimum absolute atomic E-state index is 0. The van der Waals surface area contributed by atoms with E-state index in [0.717, 1.165) is 0 Å². The summed E-state index contributed by atoms with van der Waals surface area (Å²) in [5.74, 6) is -1.78. The van der Waals surface area contributed by atoms with E-state index in [2.05, 4.69) is 15.3 Å². The molecule has 0 saturated carbocycles. The molecule has 0 aromatic carbocycles. The number of amides is 2. The average molecular weight is 404 g/mol. The zero-order valence-electron chi connectivity index (χ0n) is 17.6. The van der Waals surface area contributed by atoms with Gasteiger partial charge in [0.15, 0.2) is 5.84 Å². The lowest BCUT2D eigenvalue weighted by molar-refractivity contribution is -0.255. The number of carboxylic acid groups (broad SMARTS) is 1. The van der Waals surface area contributed by atoms with Crippen LogP contribution in [0.2, 0.25) is 0 Å². The third kappa shape index (κ3) is 3.73. The van der Waals surface area contributed by atoms with Crippen LogP contribution >= 0.6 is 0 Å². The molecule has 29 heavy (non-hydrogen) atoms. The number of pyridine rings is 1. The van der Waals surface area contributed by atoms with E-state index in [1.807, 2.05) is 25.8 Å². The highest BCUT2D eigenvalue weighted by molar-refractivity contribution is 6.17. The molecule has 2 aliphatic rings. The van der Waals surface area contributed by atoms with Crippen molar-refractivity contribution < 1.29 is 19.5 Å². The van der Waals surface area contributed by atoms with Gasteiger partial charge < -0.3 is 26.3 Å². The lowest BCUT2D eigenvalue weighted by atomic mass is 9.89. The Morgan fingerprint density at radius 1 is 1.34 bits per heavy atom. The first-order valence-corrected chi connectivity index (χ1v) is 9.16. The van der Waals surface area contributed by atoms with Crippen LogP contribution in [0.1, 0.15) is 55.5 Å². The second-order valence-electron chi connectivity index (χ2n) is 7.74. The lowest BCUT2D eigenvalue weighted by Gasteiger charge is -2.28. The Kier molecular flexibility index (Phi) is 6.10. The highest BCUT2D eigenvalue weighted by Gasteiger charge is 2.43. The fraction of sp³-hybridized carbons (Fsp3) is 0.526. The summed E-state index contributed by atoms with van der Waals surface area (Å²) in [5.41, 5.74) is -0.546. The van der Waals surface area contributed by atoms with Crippen molar-refractivity contribution in [1.29, 1.82) is 0 Å². The van der Waals surface area contributed by atoms with E-state index in [1.54, 1.807) is 11.8 Å². The van der Waals surface area contributed by atoms with E-state index >= 15 is 0 Å². The Balaban J connectivity index is 0.00000300. The van der Waals surface area contributed by atoms with E-state index in [4.69, 9.17) is 0 Å². The molecule has 3 heterocycles. The van der Waals surface area contributed by atoms with Gasteiger partial charge in [-0.2, -0.15) is 0 Å². The van der Waals surface area contributed by atoms with Gasteiger partial charge in [0.2, 0.25) is 5.91 Å². The minimum Gasteiger partial charge on any atom is -0.545 e. The topological polar surface area (TPSA) is 155 Å². The van der Waals surface area contributed by atoms with Crippen molar-refractivity contribution in [2.75, 3.05) is 20.1 Å². The number of aromatic nitrogens is 1. The van der Waals surface area contributed by atoms with Crippen molar-refractivity contribution in [3.05, 3.63) is 29.1 Å². The van der Waals surface area contributed by atoms with Gasteiger partial charge in [0.25, 0.3) is 5.91 Å². The maximum absolute atomic E-state index is 12.4. The maximum atomic E-state index is 12.4. The van der Waals surface area contributed by atoms with Gasteiger partial charge >= 0.3 is 0 Å². The molecule has 158 valence electrons. The predicted molar refractivity (Wildman–Crippen MR) is 105 cm³/mol. The smallest absolute Gasteiger partial charge is 0.253 e. The molecule has 3 rings (SSSR count). The number of rotatable bonds is 4. The molecule has 5 N–H and O–H groups in total. The number of amidine groups is 1. The van der Waals surface area contributed by atoms with Gasteiger partial charge in [0, 0.05) is 37.3 Å². The Morgan fingerprint density at radius 3 is 2.52 bits per heavy atom. The second kappa shape index (κ2) is 7.88. The van der Waals surface area contributed by atoms with Crippen LogP contribution in [0.5, 0.6) is 0 Å². The number of aromatic carboxylic acids is 1. The first-order valence-electron chi connectivity index (χ1n) is 9.16. The number of hydrogen-bond acceptors (Lipinski definition) is 7. The predicted octanol–water partition coefficient (Wildman–Crippen LogP) is -0.0951. The van der Waals surface area contributed by atoms with Gasteiger partial charge in [0.1, 0.15) is 17.4 Å². The summed E-state index contributed by atoms with van der Waals surface area (Å²) in [5, 5.41) is 14.5. The second-order valence-corrected chi connectivity index (χ2v) is 7.74. The van der Waals surface area contributed by atoms with Crippen LogP contribution in [-0.4, -0.2) is 64.1 Å². The Labute approximate surface area is 169 Å². The molecule has 0 bridgehead atoms. The number of nitrogens with zero attached hydrogens (tertiary/aromatic N) is 4. The molecule has 1 saturated heterocycles. The van der Waals surface area contributed by atoms with Crippen LogP contribution in [0.25, 0.3) is 0 Å². The van der Waals surface area contributed by atoms with E-state index in [0.29, 0.717) is 18.7 Å². The van der Waals surface area contributed by atoms with Gasteiger partial charge in [-0.05, 0) is 26.0 Å². The number of nitrogens with one attached hydrogen (secondary N) is 1. The highest BCUT2D eigenvalue weighted by atomic mass is 16.4. The molecule has 10 nitrogen and oxygen atoms in total. The molecule has 0 radical (unpaired) electrons. The SMILES string of the molecule is CC(=O)N1CCN(C)C1c1cnc(C2=NC(C)(C(C)C)C(=O)N2)c(C(=O)[O-])c1.[NH4+]. The molecule has 1 fully saturated rings. The normalized spacial score (nSPS) is 24.3. The number of quaternary nitrogens is 1. The summed E-state index contributed by atoms with van der Waals surface area (Å²) in [4.78, 5) is 48.4. The van der Waals surface area contributed by atoms with Crippen molar-refractivity contribution in [3.8, 4) is 0 Å². The van der Waals surface area contributed by atoms with Crippen LogP contribution < -0.4 is 16.6 Å². The van der Waals surface area contributed by atoms with Crippen LogP contribution in [-0.2, 0) is 9.59 Å². The molecular weight excluding hydrogens is 376 g/mol. The molecule has 0 spiro atoms. The molecule has 10 heteroatoms. The largest absolute Gasteiger partial charge is 0.545 e. The molecule has 0 aliphatic carbocycles. The van der Waals surface area contributed by atoms with Crippen LogP contribution in [0.3, 0.4) is 0 Å². The molecule has 2 unspecified atom stereocenters. The number of carbonyl (C=O) groups is 3. The summed E-state index contributed by atoms with van der Waals surface area (Å²) in [6.45, 7) is 8.13. The molecule has 1 aromatic rings. The van der Waals surface area contributed by atoms with Crippen LogP contribution in [0.4, 0.5) is 0 Å². The van der Waals surface area contributed by atoms with Gasteiger partial charge in [-0.25, -0.2) is 4.99 Å². The summed E-state index contributed by atoms with van der Waals surface area (Å²) in [6, 6.07) is 1.44. The van der Waals surface area contributed by atoms with Crippen molar-refractivity contribution in [3.63, 3.8) is 0 Å². The van der Waals surface area contributed by atoms with Gasteiger partial charge in [-0.3, -0.25) is 19.5 Å².